The fourth-order valence-corrected chi connectivity index (χ4v) is 1.90. The van der Waals surface area contributed by atoms with Crippen LogP contribution in [-0.4, -0.2) is 38.3 Å². The highest BCUT2D eigenvalue weighted by molar-refractivity contribution is 4.91. The van der Waals surface area contributed by atoms with Crippen molar-refractivity contribution in [1.29, 1.82) is 0 Å². The van der Waals surface area contributed by atoms with Crippen molar-refractivity contribution in [2.24, 2.45) is 12.8 Å². The smallest absolute Gasteiger partial charge is 0.140 e. The second kappa shape index (κ2) is 3.67. The molecule has 0 saturated carbocycles. The Hall–Kier alpha value is -0.940. The molecule has 78 valence electrons. The predicted octanol–water partition coefficient (Wildman–Crippen LogP) is -0.263. The molecule has 0 aliphatic carbocycles. The van der Waals surface area contributed by atoms with Crippen molar-refractivity contribution in [3.8, 4) is 0 Å². The maximum Gasteiger partial charge on any atom is 0.140 e. The largest absolute Gasteiger partial charge is 0.326 e. The fourth-order valence-electron chi connectivity index (χ4n) is 1.90. The van der Waals surface area contributed by atoms with Crippen LogP contribution < -0.4 is 5.73 Å². The molecule has 0 radical (unpaired) electrons. The highest BCUT2D eigenvalue weighted by Crippen LogP contribution is 2.17. The third kappa shape index (κ3) is 1.65. The van der Waals surface area contributed by atoms with Crippen LogP contribution >= 0.6 is 0 Å². The van der Waals surface area contributed by atoms with Crippen molar-refractivity contribution in [1.82, 2.24) is 19.7 Å². The number of nitrogens with two attached hydrogens (primary N) is 1. The lowest BCUT2D eigenvalue weighted by atomic mass is 10.2. The van der Waals surface area contributed by atoms with Crippen molar-refractivity contribution in [3.63, 3.8) is 0 Å². The molecule has 0 bridgehead atoms. The first kappa shape index (κ1) is 9.61. The van der Waals surface area contributed by atoms with Crippen LogP contribution in [0.1, 0.15) is 19.2 Å². The number of hydrogen-bond acceptors (Lipinski definition) is 4. The minimum atomic E-state index is 0.309. The van der Waals surface area contributed by atoms with Crippen molar-refractivity contribution in [2.45, 2.75) is 32.0 Å². The van der Waals surface area contributed by atoms with Gasteiger partial charge in [0.2, 0.25) is 0 Å². The van der Waals surface area contributed by atoms with Gasteiger partial charge in [0, 0.05) is 25.7 Å². The zero-order chi connectivity index (χ0) is 10.1. The van der Waals surface area contributed by atoms with Crippen LogP contribution in [0.5, 0.6) is 0 Å². The number of aromatic nitrogens is 3. The fraction of sp³-hybridized carbons (Fsp3) is 0.778. The number of likely N-dealkylation sites (tertiary alicyclic amines) is 1. The molecule has 14 heavy (non-hydrogen) atoms. The Morgan fingerprint density at radius 3 is 2.93 bits per heavy atom. The Morgan fingerprint density at radius 1 is 1.64 bits per heavy atom. The summed E-state index contributed by atoms with van der Waals surface area (Å²) in [5.74, 6) is 1.01. The first-order valence-electron chi connectivity index (χ1n) is 5.01. The summed E-state index contributed by atoms with van der Waals surface area (Å²) >= 11 is 0. The molecule has 1 aromatic heterocycles. The van der Waals surface area contributed by atoms with E-state index in [9.17, 15) is 0 Å². The van der Waals surface area contributed by atoms with Crippen LogP contribution in [0, 0.1) is 0 Å². The first-order chi connectivity index (χ1) is 6.68. The molecule has 2 rings (SSSR count). The summed E-state index contributed by atoms with van der Waals surface area (Å²) in [4.78, 5) is 6.56. The molecule has 1 aromatic rings. The number of aryl methyl sites for hydroxylation is 1. The van der Waals surface area contributed by atoms with E-state index in [-0.39, 0.29) is 0 Å². The Morgan fingerprint density at radius 2 is 2.43 bits per heavy atom. The minimum Gasteiger partial charge on any atom is -0.326 e. The van der Waals surface area contributed by atoms with Gasteiger partial charge in [-0.15, -0.1) is 0 Å². The quantitative estimate of drug-likeness (QED) is 0.706. The van der Waals surface area contributed by atoms with Crippen molar-refractivity contribution < 1.29 is 0 Å². The van der Waals surface area contributed by atoms with E-state index >= 15 is 0 Å². The van der Waals surface area contributed by atoms with Crippen molar-refractivity contribution >= 4 is 0 Å². The van der Waals surface area contributed by atoms with E-state index in [1.165, 1.54) is 0 Å². The Labute approximate surface area is 83.9 Å². The van der Waals surface area contributed by atoms with E-state index in [1.807, 2.05) is 11.7 Å². The molecular formula is C9H17N5. The number of rotatable bonds is 2. The molecule has 0 amide bonds. The maximum absolute atomic E-state index is 5.95. The van der Waals surface area contributed by atoms with Gasteiger partial charge in [-0.25, -0.2) is 4.98 Å². The van der Waals surface area contributed by atoms with E-state index in [1.54, 1.807) is 6.33 Å². The lowest BCUT2D eigenvalue weighted by molar-refractivity contribution is 0.242. The van der Waals surface area contributed by atoms with Gasteiger partial charge in [0.05, 0.1) is 6.54 Å². The van der Waals surface area contributed by atoms with Crippen LogP contribution in [0.25, 0.3) is 0 Å². The summed E-state index contributed by atoms with van der Waals surface area (Å²) in [6, 6.07) is 0.759. The summed E-state index contributed by atoms with van der Waals surface area (Å²) in [5.41, 5.74) is 5.95. The summed E-state index contributed by atoms with van der Waals surface area (Å²) < 4.78 is 1.82. The van der Waals surface area contributed by atoms with E-state index in [0.29, 0.717) is 12.1 Å². The third-order valence-corrected chi connectivity index (χ3v) is 3.09. The van der Waals surface area contributed by atoms with Crippen LogP contribution in [-0.2, 0) is 13.6 Å². The van der Waals surface area contributed by atoms with Crippen LogP contribution in [0.3, 0.4) is 0 Å². The van der Waals surface area contributed by atoms with Gasteiger partial charge in [0.25, 0.3) is 0 Å². The molecular weight excluding hydrogens is 178 g/mol. The molecule has 2 N–H and O–H groups in total. The second-order valence-corrected chi connectivity index (χ2v) is 3.96. The van der Waals surface area contributed by atoms with Gasteiger partial charge < -0.3 is 5.73 Å². The molecule has 1 aliphatic rings. The van der Waals surface area contributed by atoms with Crippen LogP contribution in [0.2, 0.25) is 0 Å². The molecule has 2 unspecified atom stereocenters. The molecule has 1 aliphatic heterocycles. The standard InChI is InChI=1S/C9H17N5/c1-7-8(10)3-4-14(7)5-9-11-6-12-13(9)2/h6-8H,3-5,10H2,1-2H3. The minimum absolute atomic E-state index is 0.309. The molecule has 5 nitrogen and oxygen atoms in total. The summed E-state index contributed by atoms with van der Waals surface area (Å²) in [7, 11) is 1.92. The zero-order valence-electron chi connectivity index (χ0n) is 8.72. The van der Waals surface area contributed by atoms with Gasteiger partial charge in [-0.1, -0.05) is 0 Å². The SMILES string of the molecule is CC1C(N)CCN1Cc1ncnn1C. The Balaban J connectivity index is 2.02. The topological polar surface area (TPSA) is 60.0 Å². The molecule has 1 fully saturated rings. The molecule has 2 atom stereocenters. The summed E-state index contributed by atoms with van der Waals surface area (Å²) in [6.45, 7) is 4.09. The van der Waals surface area contributed by atoms with Gasteiger partial charge in [0.15, 0.2) is 0 Å². The maximum atomic E-state index is 5.95. The van der Waals surface area contributed by atoms with Crippen LogP contribution in [0.15, 0.2) is 6.33 Å². The first-order valence-corrected chi connectivity index (χ1v) is 5.01. The van der Waals surface area contributed by atoms with Gasteiger partial charge in [-0.05, 0) is 13.3 Å². The van der Waals surface area contributed by atoms with E-state index < -0.39 is 0 Å². The van der Waals surface area contributed by atoms with Crippen molar-refractivity contribution in [3.05, 3.63) is 12.2 Å². The highest BCUT2D eigenvalue weighted by Gasteiger charge is 2.28. The third-order valence-electron chi connectivity index (χ3n) is 3.09. The Bertz CT molecular complexity index is 308. The molecule has 0 spiro atoms. The average molecular weight is 195 g/mol. The summed E-state index contributed by atoms with van der Waals surface area (Å²) in [5, 5.41) is 4.05. The van der Waals surface area contributed by atoms with Gasteiger partial charge >= 0.3 is 0 Å². The normalized spacial score (nSPS) is 28.5. The van der Waals surface area contributed by atoms with Gasteiger partial charge in [-0.2, -0.15) is 5.10 Å². The lowest BCUT2D eigenvalue weighted by Gasteiger charge is -2.21. The lowest BCUT2D eigenvalue weighted by Crippen LogP contribution is -2.36. The highest BCUT2D eigenvalue weighted by atomic mass is 15.3. The average Bonchev–Trinajstić information content (AvgIpc) is 2.68. The van der Waals surface area contributed by atoms with Crippen molar-refractivity contribution in [2.75, 3.05) is 6.54 Å². The molecule has 2 heterocycles. The van der Waals surface area contributed by atoms with E-state index in [4.69, 9.17) is 5.73 Å². The zero-order valence-corrected chi connectivity index (χ0v) is 8.72. The Kier molecular flexibility index (Phi) is 2.52. The molecule has 1 saturated heterocycles. The molecule has 0 aromatic carbocycles. The van der Waals surface area contributed by atoms with Crippen LogP contribution in [0.4, 0.5) is 0 Å². The van der Waals surface area contributed by atoms with Gasteiger partial charge in [0.1, 0.15) is 12.2 Å². The number of hydrogen-bond donors (Lipinski definition) is 1. The predicted molar refractivity (Wildman–Crippen MR) is 53.5 cm³/mol. The van der Waals surface area contributed by atoms with E-state index in [0.717, 1.165) is 25.3 Å². The number of nitrogens with zero attached hydrogens (tertiary/aromatic N) is 4. The second-order valence-electron chi connectivity index (χ2n) is 3.96. The van der Waals surface area contributed by atoms with E-state index in [2.05, 4.69) is 21.9 Å². The summed E-state index contributed by atoms with van der Waals surface area (Å²) in [6.07, 6.45) is 2.68. The monoisotopic (exact) mass is 195 g/mol. The van der Waals surface area contributed by atoms with Gasteiger partial charge in [-0.3, -0.25) is 9.58 Å². The molecule has 5 heteroatoms.